The van der Waals surface area contributed by atoms with Crippen LogP contribution in [0.1, 0.15) is 29.8 Å². The van der Waals surface area contributed by atoms with Gasteiger partial charge in [-0.05, 0) is 30.3 Å². The number of ether oxygens (including phenoxy) is 1. The second-order valence-electron chi connectivity index (χ2n) is 4.68. The van der Waals surface area contributed by atoms with Gasteiger partial charge in [0.15, 0.2) is 0 Å². The van der Waals surface area contributed by atoms with Crippen molar-refractivity contribution in [2.45, 2.75) is 18.6 Å². The van der Waals surface area contributed by atoms with Gasteiger partial charge in [-0.25, -0.2) is 8.78 Å². The van der Waals surface area contributed by atoms with E-state index >= 15 is 0 Å². The molecule has 0 saturated heterocycles. The highest BCUT2D eigenvalue weighted by Gasteiger charge is 2.31. The molecule has 1 unspecified atom stereocenters. The van der Waals surface area contributed by atoms with E-state index < -0.39 is 23.8 Å². The van der Waals surface area contributed by atoms with E-state index in [4.69, 9.17) is 4.74 Å². The predicted octanol–water partition coefficient (Wildman–Crippen LogP) is 4.28. The van der Waals surface area contributed by atoms with Crippen LogP contribution in [-0.4, -0.2) is 5.11 Å². The number of hydrogen-bond donors (Lipinski definition) is 1. The van der Waals surface area contributed by atoms with Crippen LogP contribution >= 0.6 is 15.9 Å². The summed E-state index contributed by atoms with van der Waals surface area (Å²) in [5, 5.41) is 10.2. The lowest BCUT2D eigenvalue weighted by Crippen LogP contribution is -2.21. The molecule has 0 spiro atoms. The third-order valence-electron chi connectivity index (χ3n) is 3.36. The van der Waals surface area contributed by atoms with Crippen LogP contribution in [-0.2, 0) is 0 Å². The van der Waals surface area contributed by atoms with Crippen molar-refractivity contribution in [3.05, 3.63) is 63.6 Å². The number of benzene rings is 2. The highest BCUT2D eigenvalue weighted by molar-refractivity contribution is 9.10. The van der Waals surface area contributed by atoms with Gasteiger partial charge in [-0.1, -0.05) is 22.0 Å². The molecular formula is C15H11BrF2O2. The topological polar surface area (TPSA) is 29.5 Å². The van der Waals surface area contributed by atoms with Gasteiger partial charge in [0, 0.05) is 16.5 Å². The minimum atomic E-state index is -0.833. The normalized spacial score (nSPS) is 21.2. The minimum absolute atomic E-state index is 0.112. The molecule has 20 heavy (non-hydrogen) atoms. The maximum absolute atomic E-state index is 13.8. The van der Waals surface area contributed by atoms with Crippen LogP contribution in [0.15, 0.2) is 40.9 Å². The van der Waals surface area contributed by atoms with Gasteiger partial charge in [0.1, 0.15) is 23.5 Å². The first kappa shape index (κ1) is 13.5. The fourth-order valence-corrected chi connectivity index (χ4v) is 2.79. The van der Waals surface area contributed by atoms with Crippen LogP contribution in [0.4, 0.5) is 8.78 Å². The fourth-order valence-electron chi connectivity index (χ4n) is 2.41. The van der Waals surface area contributed by atoms with Crippen LogP contribution in [0, 0.1) is 11.6 Å². The number of aliphatic hydroxyl groups excluding tert-OH is 1. The van der Waals surface area contributed by atoms with Crippen molar-refractivity contribution in [1.82, 2.24) is 0 Å². The first-order valence-corrected chi connectivity index (χ1v) is 6.93. The van der Waals surface area contributed by atoms with Gasteiger partial charge in [0.25, 0.3) is 0 Å². The molecule has 0 bridgehead atoms. The van der Waals surface area contributed by atoms with E-state index in [0.29, 0.717) is 11.3 Å². The summed E-state index contributed by atoms with van der Waals surface area (Å²) in [6.07, 6.45) is -1.54. The Hall–Kier alpha value is -1.46. The molecule has 1 N–H and O–H groups in total. The smallest absolute Gasteiger partial charge is 0.133 e. The van der Waals surface area contributed by atoms with Crippen molar-refractivity contribution >= 4 is 15.9 Å². The van der Waals surface area contributed by atoms with E-state index in [0.717, 1.165) is 4.47 Å². The Morgan fingerprint density at radius 1 is 1.15 bits per heavy atom. The highest BCUT2D eigenvalue weighted by Crippen LogP contribution is 2.42. The maximum atomic E-state index is 13.8. The summed E-state index contributed by atoms with van der Waals surface area (Å²) in [4.78, 5) is 0. The summed E-state index contributed by atoms with van der Waals surface area (Å²) >= 11 is 3.31. The summed E-state index contributed by atoms with van der Waals surface area (Å²) in [5.74, 6) is -0.884. The van der Waals surface area contributed by atoms with E-state index in [1.165, 1.54) is 18.2 Å². The summed E-state index contributed by atoms with van der Waals surface area (Å²) in [6, 6.07) is 8.85. The SMILES string of the molecule is O[C@@H]1CC(c2c(F)cccc2F)Oc2ccc(Br)cc21. The molecule has 5 heteroatoms. The summed E-state index contributed by atoms with van der Waals surface area (Å²) < 4.78 is 34.0. The number of aliphatic hydroxyl groups is 1. The second-order valence-corrected chi connectivity index (χ2v) is 5.59. The van der Waals surface area contributed by atoms with Crippen LogP contribution in [0.5, 0.6) is 5.75 Å². The zero-order valence-electron chi connectivity index (χ0n) is 10.3. The van der Waals surface area contributed by atoms with Gasteiger partial charge in [0.2, 0.25) is 0 Å². The molecule has 0 amide bonds. The van der Waals surface area contributed by atoms with Gasteiger partial charge in [-0.3, -0.25) is 0 Å². The molecule has 104 valence electrons. The van der Waals surface area contributed by atoms with E-state index in [1.807, 2.05) is 0 Å². The zero-order chi connectivity index (χ0) is 14.3. The average molecular weight is 341 g/mol. The summed E-state index contributed by atoms with van der Waals surface area (Å²) in [5.41, 5.74) is 0.479. The Balaban J connectivity index is 2.01. The highest BCUT2D eigenvalue weighted by atomic mass is 79.9. The molecule has 0 radical (unpaired) electrons. The van der Waals surface area contributed by atoms with E-state index in [2.05, 4.69) is 15.9 Å². The van der Waals surface area contributed by atoms with Gasteiger partial charge >= 0.3 is 0 Å². The third kappa shape index (κ3) is 2.31. The van der Waals surface area contributed by atoms with Crippen molar-refractivity contribution in [2.75, 3.05) is 0 Å². The molecule has 0 aliphatic carbocycles. The second kappa shape index (κ2) is 5.14. The maximum Gasteiger partial charge on any atom is 0.133 e. The van der Waals surface area contributed by atoms with Crippen molar-refractivity contribution < 1.29 is 18.6 Å². The number of rotatable bonds is 1. The average Bonchev–Trinajstić information content (AvgIpc) is 2.39. The van der Waals surface area contributed by atoms with Gasteiger partial charge in [0.05, 0.1) is 11.7 Å². The van der Waals surface area contributed by atoms with Crippen molar-refractivity contribution in [2.24, 2.45) is 0 Å². The monoisotopic (exact) mass is 340 g/mol. The van der Waals surface area contributed by atoms with Crippen molar-refractivity contribution in [3.8, 4) is 5.75 Å². The minimum Gasteiger partial charge on any atom is -0.485 e. The number of halogens is 3. The Kier molecular flexibility index (Phi) is 3.48. The van der Waals surface area contributed by atoms with E-state index in [-0.39, 0.29) is 12.0 Å². The Labute approximate surface area is 123 Å². The Bertz CT molecular complexity index is 640. The standard InChI is InChI=1S/C15H11BrF2O2/c16-8-4-5-13-9(6-8)12(19)7-14(20-13)15-10(17)2-1-3-11(15)18/h1-6,12,14,19H,7H2/t12-,14?/m1/s1. The first-order chi connectivity index (χ1) is 9.56. The zero-order valence-corrected chi connectivity index (χ0v) is 11.9. The van der Waals surface area contributed by atoms with Crippen LogP contribution in [0.2, 0.25) is 0 Å². The molecule has 0 fully saturated rings. The molecule has 2 aromatic rings. The van der Waals surface area contributed by atoms with Crippen LogP contribution < -0.4 is 4.74 Å². The third-order valence-corrected chi connectivity index (χ3v) is 3.85. The quantitative estimate of drug-likeness (QED) is 0.839. The van der Waals surface area contributed by atoms with Gasteiger partial charge in [-0.15, -0.1) is 0 Å². The van der Waals surface area contributed by atoms with Crippen LogP contribution in [0.25, 0.3) is 0 Å². The Morgan fingerprint density at radius 3 is 2.55 bits per heavy atom. The van der Waals surface area contributed by atoms with Crippen molar-refractivity contribution in [1.29, 1.82) is 0 Å². The molecule has 2 nitrogen and oxygen atoms in total. The molecule has 0 aromatic heterocycles. The summed E-state index contributed by atoms with van der Waals surface area (Å²) in [6.45, 7) is 0. The molecule has 1 aliphatic rings. The molecule has 2 atom stereocenters. The first-order valence-electron chi connectivity index (χ1n) is 6.14. The van der Waals surface area contributed by atoms with E-state index in [1.54, 1.807) is 18.2 Å². The fraction of sp³-hybridized carbons (Fsp3) is 0.200. The number of fused-ring (bicyclic) bond motifs is 1. The van der Waals surface area contributed by atoms with Gasteiger partial charge in [-0.2, -0.15) is 0 Å². The molecule has 3 rings (SSSR count). The Morgan fingerprint density at radius 2 is 1.85 bits per heavy atom. The molecule has 1 aliphatic heterocycles. The largest absolute Gasteiger partial charge is 0.485 e. The molecule has 2 aromatic carbocycles. The predicted molar refractivity (Wildman–Crippen MR) is 73.4 cm³/mol. The van der Waals surface area contributed by atoms with Crippen LogP contribution in [0.3, 0.4) is 0 Å². The number of hydrogen-bond acceptors (Lipinski definition) is 2. The lowest BCUT2D eigenvalue weighted by Gasteiger charge is -2.30. The van der Waals surface area contributed by atoms with Crippen molar-refractivity contribution in [3.63, 3.8) is 0 Å². The molecule has 1 heterocycles. The molecule has 0 saturated carbocycles. The molecular weight excluding hydrogens is 330 g/mol. The summed E-state index contributed by atoms with van der Waals surface area (Å²) in [7, 11) is 0. The van der Waals surface area contributed by atoms with E-state index in [9.17, 15) is 13.9 Å². The lowest BCUT2D eigenvalue weighted by atomic mass is 9.94. The van der Waals surface area contributed by atoms with Gasteiger partial charge < -0.3 is 9.84 Å². The lowest BCUT2D eigenvalue weighted by molar-refractivity contribution is 0.0621.